The number of halogens is 1. The molecule has 0 unspecified atom stereocenters. The lowest BCUT2D eigenvalue weighted by atomic mass is 10.2. The fraction of sp³-hybridized carbons (Fsp3) is 0.417. The molecule has 0 aromatic heterocycles. The first-order valence-electron chi connectivity index (χ1n) is 5.44. The summed E-state index contributed by atoms with van der Waals surface area (Å²) in [5, 5.41) is 0. The number of carbonyl (C=O) groups excluding carboxylic acids is 1. The third-order valence-electron chi connectivity index (χ3n) is 2.72. The molecular formula is C12H15FN2O. The Morgan fingerprint density at radius 3 is 2.81 bits per heavy atom. The molecule has 0 atom stereocenters. The molecule has 1 fully saturated rings. The largest absolute Gasteiger partial charge is 0.334 e. The van der Waals surface area contributed by atoms with Crippen molar-refractivity contribution in [2.24, 2.45) is 5.73 Å². The second kappa shape index (κ2) is 4.61. The van der Waals surface area contributed by atoms with E-state index in [9.17, 15) is 9.18 Å². The van der Waals surface area contributed by atoms with E-state index in [1.807, 2.05) is 6.07 Å². The van der Waals surface area contributed by atoms with Crippen LogP contribution in [0.1, 0.15) is 18.4 Å². The van der Waals surface area contributed by atoms with Crippen molar-refractivity contribution >= 4 is 5.91 Å². The topological polar surface area (TPSA) is 46.3 Å². The molecule has 1 aliphatic rings. The number of hydrogen-bond donors (Lipinski definition) is 1. The number of benzene rings is 1. The summed E-state index contributed by atoms with van der Waals surface area (Å²) in [7, 11) is 0. The Labute approximate surface area is 94.0 Å². The fourth-order valence-electron chi connectivity index (χ4n) is 1.76. The predicted octanol–water partition coefficient (Wildman–Crippen LogP) is 1.28. The zero-order valence-electron chi connectivity index (χ0n) is 9.03. The summed E-state index contributed by atoms with van der Waals surface area (Å²) in [5.74, 6) is -0.333. The molecule has 2 rings (SSSR count). The van der Waals surface area contributed by atoms with E-state index in [0.29, 0.717) is 12.6 Å². The Balaban J connectivity index is 2.08. The van der Waals surface area contributed by atoms with Gasteiger partial charge in [0.15, 0.2) is 0 Å². The molecule has 2 N–H and O–H groups in total. The standard InChI is InChI=1S/C12H15FN2O/c13-10-3-1-2-9(6-10)8-15(11-4-5-11)12(16)7-14/h1-3,6,11H,4-5,7-8,14H2. The maximum Gasteiger partial charge on any atom is 0.236 e. The highest BCUT2D eigenvalue weighted by atomic mass is 19.1. The fourth-order valence-corrected chi connectivity index (χ4v) is 1.76. The smallest absolute Gasteiger partial charge is 0.236 e. The summed E-state index contributed by atoms with van der Waals surface area (Å²) in [6, 6.07) is 6.64. The van der Waals surface area contributed by atoms with Crippen molar-refractivity contribution < 1.29 is 9.18 Å². The lowest BCUT2D eigenvalue weighted by Crippen LogP contribution is -2.37. The molecule has 0 spiro atoms. The molecule has 4 heteroatoms. The molecule has 0 radical (unpaired) electrons. The number of nitrogens with two attached hydrogens (primary N) is 1. The van der Waals surface area contributed by atoms with Gasteiger partial charge in [0.05, 0.1) is 6.54 Å². The molecule has 0 saturated heterocycles. The average molecular weight is 222 g/mol. The van der Waals surface area contributed by atoms with Crippen LogP contribution in [0.3, 0.4) is 0 Å². The molecule has 0 heterocycles. The number of nitrogens with zero attached hydrogens (tertiary/aromatic N) is 1. The van der Waals surface area contributed by atoms with Gasteiger partial charge in [-0.15, -0.1) is 0 Å². The van der Waals surface area contributed by atoms with Crippen molar-refractivity contribution in [3.05, 3.63) is 35.6 Å². The summed E-state index contributed by atoms with van der Waals surface area (Å²) in [4.78, 5) is 13.3. The van der Waals surface area contributed by atoms with Crippen LogP contribution in [0, 0.1) is 5.82 Å². The molecule has 1 aromatic rings. The summed E-state index contributed by atoms with van der Waals surface area (Å²) >= 11 is 0. The molecule has 16 heavy (non-hydrogen) atoms. The summed E-state index contributed by atoms with van der Waals surface area (Å²) < 4.78 is 13.0. The molecule has 86 valence electrons. The predicted molar refractivity (Wildman–Crippen MR) is 59.0 cm³/mol. The van der Waals surface area contributed by atoms with Gasteiger partial charge in [-0.25, -0.2) is 4.39 Å². The van der Waals surface area contributed by atoms with E-state index in [4.69, 9.17) is 5.73 Å². The summed E-state index contributed by atoms with van der Waals surface area (Å²) in [6.45, 7) is 0.476. The maximum atomic E-state index is 13.0. The van der Waals surface area contributed by atoms with Gasteiger partial charge in [-0.05, 0) is 30.5 Å². The van der Waals surface area contributed by atoms with Crippen LogP contribution in [0.25, 0.3) is 0 Å². The SMILES string of the molecule is NCC(=O)N(Cc1cccc(F)c1)C1CC1. The first-order chi connectivity index (χ1) is 7.70. The van der Waals surface area contributed by atoms with E-state index in [0.717, 1.165) is 18.4 Å². The normalized spacial score (nSPS) is 14.9. The lowest BCUT2D eigenvalue weighted by molar-refractivity contribution is -0.130. The van der Waals surface area contributed by atoms with Crippen LogP contribution in [0.2, 0.25) is 0 Å². The van der Waals surface area contributed by atoms with Crippen LogP contribution >= 0.6 is 0 Å². The number of rotatable bonds is 4. The molecule has 1 aliphatic carbocycles. The maximum absolute atomic E-state index is 13.0. The number of amides is 1. The van der Waals surface area contributed by atoms with Crippen molar-refractivity contribution in [3.8, 4) is 0 Å². The van der Waals surface area contributed by atoms with Gasteiger partial charge in [-0.1, -0.05) is 12.1 Å². The first-order valence-corrected chi connectivity index (χ1v) is 5.44. The highest BCUT2D eigenvalue weighted by Gasteiger charge is 2.31. The van der Waals surface area contributed by atoms with Gasteiger partial charge in [0.2, 0.25) is 5.91 Å². The minimum absolute atomic E-state index is 0.0197. The summed E-state index contributed by atoms with van der Waals surface area (Å²) in [5.41, 5.74) is 6.17. The van der Waals surface area contributed by atoms with E-state index in [-0.39, 0.29) is 18.3 Å². The second-order valence-corrected chi connectivity index (χ2v) is 4.09. The number of hydrogen-bond acceptors (Lipinski definition) is 2. The third-order valence-corrected chi connectivity index (χ3v) is 2.72. The zero-order chi connectivity index (χ0) is 11.5. The molecule has 1 aromatic carbocycles. The van der Waals surface area contributed by atoms with Crippen LogP contribution in [-0.2, 0) is 11.3 Å². The minimum atomic E-state index is -0.270. The monoisotopic (exact) mass is 222 g/mol. The van der Waals surface area contributed by atoms with E-state index in [1.165, 1.54) is 12.1 Å². The Morgan fingerprint density at radius 1 is 1.50 bits per heavy atom. The van der Waals surface area contributed by atoms with E-state index in [1.54, 1.807) is 11.0 Å². The Hall–Kier alpha value is -1.42. The lowest BCUT2D eigenvalue weighted by Gasteiger charge is -2.21. The molecule has 0 bridgehead atoms. The molecule has 1 amide bonds. The van der Waals surface area contributed by atoms with Gasteiger partial charge in [-0.2, -0.15) is 0 Å². The minimum Gasteiger partial charge on any atom is -0.334 e. The van der Waals surface area contributed by atoms with E-state index >= 15 is 0 Å². The van der Waals surface area contributed by atoms with E-state index in [2.05, 4.69) is 0 Å². The zero-order valence-corrected chi connectivity index (χ0v) is 9.03. The third kappa shape index (κ3) is 2.58. The first kappa shape index (κ1) is 11.1. The van der Waals surface area contributed by atoms with Crippen molar-refractivity contribution in [2.75, 3.05) is 6.54 Å². The molecule has 1 saturated carbocycles. The Morgan fingerprint density at radius 2 is 2.25 bits per heavy atom. The van der Waals surface area contributed by atoms with Crippen LogP contribution in [0.4, 0.5) is 4.39 Å². The highest BCUT2D eigenvalue weighted by molar-refractivity contribution is 5.78. The van der Waals surface area contributed by atoms with Crippen LogP contribution in [0.15, 0.2) is 24.3 Å². The van der Waals surface area contributed by atoms with Crippen molar-refractivity contribution in [3.63, 3.8) is 0 Å². The molecule has 3 nitrogen and oxygen atoms in total. The van der Waals surface area contributed by atoms with Crippen LogP contribution in [-0.4, -0.2) is 23.4 Å². The van der Waals surface area contributed by atoms with Gasteiger partial charge < -0.3 is 10.6 Å². The highest BCUT2D eigenvalue weighted by Crippen LogP contribution is 2.28. The quantitative estimate of drug-likeness (QED) is 0.834. The molecule has 0 aliphatic heterocycles. The van der Waals surface area contributed by atoms with Gasteiger partial charge in [0.1, 0.15) is 5.82 Å². The van der Waals surface area contributed by atoms with Crippen LogP contribution in [0.5, 0.6) is 0 Å². The van der Waals surface area contributed by atoms with Crippen molar-refractivity contribution in [1.29, 1.82) is 0 Å². The van der Waals surface area contributed by atoms with E-state index < -0.39 is 0 Å². The molecular weight excluding hydrogens is 207 g/mol. The second-order valence-electron chi connectivity index (χ2n) is 4.09. The van der Waals surface area contributed by atoms with Gasteiger partial charge in [0, 0.05) is 12.6 Å². The number of carbonyl (C=O) groups is 1. The summed E-state index contributed by atoms with van der Waals surface area (Å²) in [6.07, 6.45) is 2.06. The van der Waals surface area contributed by atoms with Gasteiger partial charge in [-0.3, -0.25) is 4.79 Å². The van der Waals surface area contributed by atoms with Crippen LogP contribution < -0.4 is 5.73 Å². The Bertz CT molecular complexity index is 390. The van der Waals surface area contributed by atoms with Crippen molar-refractivity contribution in [1.82, 2.24) is 4.90 Å². The van der Waals surface area contributed by atoms with Gasteiger partial charge in [0.25, 0.3) is 0 Å². The Kier molecular flexibility index (Phi) is 3.19. The van der Waals surface area contributed by atoms with Crippen molar-refractivity contribution in [2.45, 2.75) is 25.4 Å². The van der Waals surface area contributed by atoms with Gasteiger partial charge >= 0.3 is 0 Å². The average Bonchev–Trinajstić information content (AvgIpc) is 3.09.